The number of aromatic hydroxyl groups is 1. The molecule has 3 N–H and O–H groups in total. The second-order valence-electron chi connectivity index (χ2n) is 4.92. The summed E-state index contributed by atoms with van der Waals surface area (Å²) in [4.78, 5) is 11.7. The minimum absolute atomic E-state index is 0.0431. The van der Waals surface area contributed by atoms with Crippen molar-refractivity contribution in [2.75, 3.05) is 5.32 Å². The van der Waals surface area contributed by atoms with E-state index in [9.17, 15) is 15.0 Å². The van der Waals surface area contributed by atoms with Crippen LogP contribution in [0.4, 0.5) is 5.69 Å². The van der Waals surface area contributed by atoms with Gasteiger partial charge in [0, 0.05) is 5.69 Å². The number of phenolic OH excluding ortho intramolecular Hbond substituents is 1. The van der Waals surface area contributed by atoms with E-state index in [1.165, 1.54) is 12.1 Å². The normalized spacial score (nSPS) is 13.5. The third-order valence-corrected chi connectivity index (χ3v) is 3.38. The summed E-state index contributed by atoms with van der Waals surface area (Å²) >= 11 is 0. The molecule has 20 heavy (non-hydrogen) atoms. The van der Waals surface area contributed by atoms with Crippen LogP contribution in [0.1, 0.15) is 18.1 Å². The number of aliphatic carboxylic acids is 1. The molecule has 0 saturated carbocycles. The van der Waals surface area contributed by atoms with Crippen LogP contribution < -0.4 is 5.32 Å². The van der Waals surface area contributed by atoms with E-state index >= 15 is 0 Å². The van der Waals surface area contributed by atoms with Gasteiger partial charge in [-0.2, -0.15) is 0 Å². The Hall–Kier alpha value is -2.49. The third-order valence-electron chi connectivity index (χ3n) is 3.38. The largest absolute Gasteiger partial charge is 0.508 e. The molecule has 0 heterocycles. The molecule has 1 atom stereocenters. The van der Waals surface area contributed by atoms with Crippen LogP contribution in [-0.2, 0) is 10.3 Å². The minimum atomic E-state index is -1.31. The number of benzene rings is 2. The van der Waals surface area contributed by atoms with E-state index in [0.29, 0.717) is 5.56 Å². The molecule has 0 aliphatic rings. The molecule has 2 aromatic rings. The zero-order chi connectivity index (χ0) is 14.8. The molecule has 0 spiro atoms. The highest BCUT2D eigenvalue weighted by Crippen LogP contribution is 2.30. The van der Waals surface area contributed by atoms with Gasteiger partial charge < -0.3 is 15.5 Å². The SMILES string of the molecule is Cc1ccccc1NC(C)(C(=O)O)c1cccc(O)c1. The van der Waals surface area contributed by atoms with Crippen LogP contribution in [0.25, 0.3) is 0 Å². The Morgan fingerprint density at radius 3 is 2.45 bits per heavy atom. The highest BCUT2D eigenvalue weighted by molar-refractivity contribution is 5.84. The molecule has 0 radical (unpaired) electrons. The summed E-state index contributed by atoms with van der Waals surface area (Å²) in [5, 5.41) is 22.2. The van der Waals surface area contributed by atoms with Crippen LogP contribution in [0.2, 0.25) is 0 Å². The van der Waals surface area contributed by atoms with Gasteiger partial charge in [0.25, 0.3) is 0 Å². The molecule has 1 unspecified atom stereocenters. The Labute approximate surface area is 117 Å². The molecular weight excluding hydrogens is 254 g/mol. The fourth-order valence-corrected chi connectivity index (χ4v) is 2.05. The smallest absolute Gasteiger partial charge is 0.333 e. The minimum Gasteiger partial charge on any atom is -0.508 e. The summed E-state index contributed by atoms with van der Waals surface area (Å²) in [6.07, 6.45) is 0. The molecule has 4 nitrogen and oxygen atoms in total. The van der Waals surface area contributed by atoms with Gasteiger partial charge in [-0.3, -0.25) is 0 Å². The summed E-state index contributed by atoms with van der Waals surface area (Å²) in [5.74, 6) is -0.965. The highest BCUT2D eigenvalue weighted by atomic mass is 16.4. The van der Waals surface area contributed by atoms with Crippen LogP contribution in [0.5, 0.6) is 5.75 Å². The first-order valence-corrected chi connectivity index (χ1v) is 6.30. The summed E-state index contributed by atoms with van der Waals surface area (Å²) in [7, 11) is 0. The molecule has 0 aromatic heterocycles. The predicted molar refractivity (Wildman–Crippen MR) is 77.9 cm³/mol. The van der Waals surface area contributed by atoms with Gasteiger partial charge in [0.05, 0.1) is 0 Å². The highest BCUT2D eigenvalue weighted by Gasteiger charge is 2.35. The van der Waals surface area contributed by atoms with Crippen molar-refractivity contribution in [3.63, 3.8) is 0 Å². The first-order valence-electron chi connectivity index (χ1n) is 6.30. The maximum atomic E-state index is 11.7. The lowest BCUT2D eigenvalue weighted by Gasteiger charge is -2.29. The number of carbonyl (C=O) groups is 1. The lowest BCUT2D eigenvalue weighted by atomic mass is 9.91. The lowest BCUT2D eigenvalue weighted by molar-refractivity contribution is -0.142. The average Bonchev–Trinajstić information content (AvgIpc) is 2.41. The Morgan fingerprint density at radius 2 is 1.85 bits per heavy atom. The molecule has 0 bridgehead atoms. The van der Waals surface area contributed by atoms with E-state index in [-0.39, 0.29) is 5.75 Å². The Morgan fingerprint density at radius 1 is 1.15 bits per heavy atom. The number of aryl methyl sites for hydroxylation is 1. The van der Waals surface area contributed by atoms with Crippen molar-refractivity contribution >= 4 is 11.7 Å². The van der Waals surface area contributed by atoms with Crippen molar-refractivity contribution in [3.05, 3.63) is 59.7 Å². The van der Waals surface area contributed by atoms with Crippen molar-refractivity contribution in [3.8, 4) is 5.75 Å². The topological polar surface area (TPSA) is 69.6 Å². The average molecular weight is 271 g/mol. The van der Waals surface area contributed by atoms with Gasteiger partial charge in [0.15, 0.2) is 5.54 Å². The molecule has 2 aromatic carbocycles. The zero-order valence-electron chi connectivity index (χ0n) is 11.4. The molecule has 4 heteroatoms. The number of rotatable bonds is 4. The monoisotopic (exact) mass is 271 g/mol. The number of para-hydroxylation sites is 1. The first kappa shape index (κ1) is 13.9. The molecule has 0 fully saturated rings. The number of carboxylic acid groups (broad SMARTS) is 1. The molecule has 0 aliphatic carbocycles. The van der Waals surface area contributed by atoms with Gasteiger partial charge in [-0.05, 0) is 43.2 Å². The van der Waals surface area contributed by atoms with Gasteiger partial charge in [-0.1, -0.05) is 30.3 Å². The van der Waals surface area contributed by atoms with Crippen molar-refractivity contribution in [2.24, 2.45) is 0 Å². The van der Waals surface area contributed by atoms with Gasteiger partial charge in [-0.15, -0.1) is 0 Å². The van der Waals surface area contributed by atoms with Gasteiger partial charge >= 0.3 is 5.97 Å². The summed E-state index contributed by atoms with van der Waals surface area (Å²) in [6, 6.07) is 13.8. The lowest BCUT2D eigenvalue weighted by Crippen LogP contribution is -2.40. The van der Waals surface area contributed by atoms with Crippen molar-refractivity contribution < 1.29 is 15.0 Å². The Kier molecular flexibility index (Phi) is 3.66. The van der Waals surface area contributed by atoms with E-state index in [1.54, 1.807) is 19.1 Å². The van der Waals surface area contributed by atoms with E-state index in [2.05, 4.69) is 5.32 Å². The van der Waals surface area contributed by atoms with Crippen molar-refractivity contribution in [1.82, 2.24) is 0 Å². The zero-order valence-corrected chi connectivity index (χ0v) is 11.4. The second kappa shape index (κ2) is 5.25. The summed E-state index contributed by atoms with van der Waals surface area (Å²) < 4.78 is 0. The Bertz CT molecular complexity index is 639. The van der Waals surface area contributed by atoms with Gasteiger partial charge in [0.2, 0.25) is 0 Å². The fourth-order valence-electron chi connectivity index (χ4n) is 2.05. The standard InChI is InChI=1S/C16H17NO3/c1-11-6-3-4-9-14(11)17-16(2,15(19)20)12-7-5-8-13(18)10-12/h3-10,17-18H,1-2H3,(H,19,20). The number of hydrogen-bond acceptors (Lipinski definition) is 3. The van der Waals surface area contributed by atoms with Gasteiger partial charge in [0.1, 0.15) is 5.75 Å². The first-order chi connectivity index (χ1) is 9.43. The van der Waals surface area contributed by atoms with Crippen LogP contribution >= 0.6 is 0 Å². The van der Waals surface area contributed by atoms with Gasteiger partial charge in [-0.25, -0.2) is 4.79 Å². The van der Waals surface area contributed by atoms with Crippen molar-refractivity contribution in [2.45, 2.75) is 19.4 Å². The summed E-state index contributed by atoms with van der Waals surface area (Å²) in [5.41, 5.74) is 0.888. The fraction of sp³-hybridized carbons (Fsp3) is 0.188. The second-order valence-corrected chi connectivity index (χ2v) is 4.92. The van der Waals surface area contributed by atoms with Crippen LogP contribution in [0.3, 0.4) is 0 Å². The van der Waals surface area contributed by atoms with E-state index in [4.69, 9.17) is 0 Å². The number of hydrogen-bond donors (Lipinski definition) is 3. The summed E-state index contributed by atoms with van der Waals surface area (Å²) in [6.45, 7) is 3.49. The predicted octanol–water partition coefficient (Wildman–Crippen LogP) is 3.11. The third kappa shape index (κ3) is 2.59. The maximum absolute atomic E-state index is 11.7. The van der Waals surface area contributed by atoms with E-state index < -0.39 is 11.5 Å². The van der Waals surface area contributed by atoms with E-state index in [0.717, 1.165) is 11.3 Å². The molecule has 0 aliphatic heterocycles. The number of nitrogens with one attached hydrogen (secondary N) is 1. The molecule has 0 saturated heterocycles. The van der Waals surface area contributed by atoms with Crippen LogP contribution in [-0.4, -0.2) is 16.2 Å². The molecule has 2 rings (SSSR count). The molecule has 104 valence electrons. The molecule has 0 amide bonds. The number of phenols is 1. The maximum Gasteiger partial charge on any atom is 0.333 e. The molecular formula is C16H17NO3. The van der Waals surface area contributed by atoms with Crippen LogP contribution in [0, 0.1) is 6.92 Å². The van der Waals surface area contributed by atoms with Crippen molar-refractivity contribution in [1.29, 1.82) is 0 Å². The van der Waals surface area contributed by atoms with Crippen LogP contribution in [0.15, 0.2) is 48.5 Å². The Balaban J connectivity index is 2.46. The number of anilines is 1. The number of carboxylic acids is 1. The quantitative estimate of drug-likeness (QED) is 0.799. The van der Waals surface area contributed by atoms with E-state index in [1.807, 2.05) is 31.2 Å².